The number of ketones is 4. The van der Waals surface area contributed by atoms with E-state index in [1.807, 2.05) is 0 Å². The number of aryl methyl sites for hydroxylation is 1. The molecule has 6 N–H and O–H groups in total. The van der Waals surface area contributed by atoms with Gasteiger partial charge in [-0.05, 0) is 36.6 Å². The highest BCUT2D eigenvalue weighted by atomic mass is 16.6. The Labute approximate surface area is 290 Å². The number of carbonyl (C=O) groups excluding carboxylic acids is 5. The Kier molecular flexibility index (Phi) is 9.13. The summed E-state index contributed by atoms with van der Waals surface area (Å²) in [7, 11) is 3.37. The molecule has 1 saturated heterocycles. The molecule has 272 valence electrons. The number of rotatable bonds is 6. The number of ether oxygens (including phenoxy) is 4. The Bertz CT molecular complexity index is 1940. The Morgan fingerprint density at radius 1 is 1.04 bits per heavy atom. The van der Waals surface area contributed by atoms with Crippen LogP contribution in [-0.2, 0) is 37.6 Å². The first-order valence-electron chi connectivity index (χ1n) is 16.0. The summed E-state index contributed by atoms with van der Waals surface area (Å²) in [6.45, 7) is 1.53. The second-order valence-corrected chi connectivity index (χ2v) is 13.1. The fourth-order valence-corrected chi connectivity index (χ4v) is 8.27. The van der Waals surface area contributed by atoms with Crippen molar-refractivity contribution in [1.82, 2.24) is 0 Å². The number of carbonyl (C=O) groups is 5. The second-order valence-electron chi connectivity index (χ2n) is 13.1. The fourth-order valence-electron chi connectivity index (χ4n) is 8.27. The number of benzene rings is 2. The van der Waals surface area contributed by atoms with Gasteiger partial charge < -0.3 is 49.6 Å². The minimum atomic E-state index is -3.15. The zero-order valence-electron chi connectivity index (χ0n) is 28.3. The molecule has 0 saturated carbocycles. The summed E-state index contributed by atoms with van der Waals surface area (Å²) >= 11 is 0. The van der Waals surface area contributed by atoms with Crippen molar-refractivity contribution in [3.63, 3.8) is 0 Å². The number of nitrogens with zero attached hydrogens (tertiary/aromatic N) is 1. The van der Waals surface area contributed by atoms with Gasteiger partial charge in [-0.3, -0.25) is 24.2 Å². The van der Waals surface area contributed by atoms with Crippen molar-refractivity contribution < 1.29 is 73.6 Å². The van der Waals surface area contributed by atoms with Crippen LogP contribution >= 0.6 is 0 Å². The van der Waals surface area contributed by atoms with E-state index in [4.69, 9.17) is 18.9 Å². The van der Waals surface area contributed by atoms with Crippen LogP contribution in [0.1, 0.15) is 87.4 Å². The number of aliphatic hydroxyl groups is 5. The van der Waals surface area contributed by atoms with Crippen LogP contribution in [-0.4, -0.2) is 130 Å². The van der Waals surface area contributed by atoms with Crippen LogP contribution in [0.25, 0.3) is 0 Å². The van der Waals surface area contributed by atoms with Gasteiger partial charge in [-0.25, -0.2) is 4.79 Å². The number of esters is 1. The van der Waals surface area contributed by atoms with Gasteiger partial charge in [-0.1, -0.05) is 6.07 Å². The molecule has 2 aromatic rings. The molecule has 4 aliphatic rings. The van der Waals surface area contributed by atoms with Crippen molar-refractivity contribution in [1.29, 1.82) is 0 Å². The van der Waals surface area contributed by atoms with Crippen LogP contribution < -0.4 is 0 Å². The van der Waals surface area contributed by atoms with Crippen molar-refractivity contribution in [2.45, 2.75) is 75.1 Å². The van der Waals surface area contributed by atoms with Gasteiger partial charge >= 0.3 is 5.97 Å². The fraction of sp³-hybridized carbons (Fsp3) is 0.486. The number of phenols is 1. The molecule has 51 heavy (non-hydrogen) atoms. The summed E-state index contributed by atoms with van der Waals surface area (Å²) in [5.41, 5.74) is -9.60. The van der Waals surface area contributed by atoms with Crippen LogP contribution in [0.2, 0.25) is 0 Å². The Morgan fingerprint density at radius 3 is 2.31 bits per heavy atom. The summed E-state index contributed by atoms with van der Waals surface area (Å²) in [5.74, 6) is -7.56. The zero-order chi connectivity index (χ0) is 37.5. The number of aliphatic imine (C=N–C) groups is 1. The van der Waals surface area contributed by atoms with Gasteiger partial charge in [0, 0.05) is 37.3 Å². The lowest BCUT2D eigenvalue weighted by molar-refractivity contribution is -0.206. The van der Waals surface area contributed by atoms with Gasteiger partial charge in [0.05, 0.1) is 73.4 Å². The van der Waals surface area contributed by atoms with E-state index in [-0.39, 0.29) is 22.3 Å². The van der Waals surface area contributed by atoms with Crippen LogP contribution in [0, 0.1) is 12.8 Å². The van der Waals surface area contributed by atoms with Gasteiger partial charge in [0.25, 0.3) is 0 Å². The minimum Gasteiger partial charge on any atom is -0.506 e. The van der Waals surface area contributed by atoms with E-state index in [1.165, 1.54) is 20.1 Å². The smallest absolute Gasteiger partial charge is 0.338 e. The van der Waals surface area contributed by atoms with Crippen molar-refractivity contribution >= 4 is 34.8 Å². The molecule has 0 amide bonds. The molecule has 0 aromatic heterocycles. The number of fused-ring (bicyclic) bond motifs is 5. The number of phenolic OH excluding ortho intramolecular Hbond substituents is 1. The van der Waals surface area contributed by atoms with Crippen molar-refractivity contribution in [2.75, 3.05) is 27.9 Å². The Morgan fingerprint density at radius 2 is 1.73 bits per heavy atom. The summed E-state index contributed by atoms with van der Waals surface area (Å²) in [6.07, 6.45) is -7.18. The summed E-state index contributed by atoms with van der Waals surface area (Å²) < 4.78 is 21.5. The van der Waals surface area contributed by atoms with Crippen LogP contribution in [0.3, 0.4) is 0 Å². The minimum absolute atomic E-state index is 0.0948. The third-order valence-corrected chi connectivity index (χ3v) is 10.6. The lowest BCUT2D eigenvalue weighted by atomic mass is 9.56. The van der Waals surface area contributed by atoms with Crippen LogP contribution in [0.4, 0.5) is 0 Å². The third-order valence-electron chi connectivity index (χ3n) is 10.6. The third kappa shape index (κ3) is 4.75. The molecule has 0 radical (unpaired) electrons. The first-order valence-corrected chi connectivity index (χ1v) is 16.0. The number of methoxy groups -OCH3 is 3. The molecule has 1 heterocycles. The van der Waals surface area contributed by atoms with Gasteiger partial charge in [-0.2, -0.15) is 0 Å². The van der Waals surface area contributed by atoms with Crippen molar-refractivity contribution in [3.05, 3.63) is 62.2 Å². The Balaban J connectivity index is 1.56. The highest BCUT2D eigenvalue weighted by Gasteiger charge is 2.72. The maximum Gasteiger partial charge on any atom is 0.338 e. The van der Waals surface area contributed by atoms with Gasteiger partial charge in [0.1, 0.15) is 11.9 Å². The van der Waals surface area contributed by atoms with Crippen LogP contribution in [0.15, 0.2) is 17.1 Å². The zero-order valence-corrected chi connectivity index (χ0v) is 28.3. The van der Waals surface area contributed by atoms with Crippen molar-refractivity contribution in [3.8, 4) is 5.75 Å². The molecule has 0 bridgehead atoms. The van der Waals surface area contributed by atoms with E-state index < -0.39 is 142 Å². The summed E-state index contributed by atoms with van der Waals surface area (Å²) in [5, 5.41) is 67.0. The molecule has 1 aliphatic heterocycles. The molecule has 16 heteroatoms. The molecular formula is C35H37NO15. The predicted octanol–water partition coefficient (Wildman–Crippen LogP) is -0.512. The molecule has 3 aliphatic carbocycles. The number of Topliss-reactive ketones (excluding diaryl/α,β-unsaturated/α-hetero) is 4. The Hall–Kier alpha value is -4.26. The quantitative estimate of drug-likeness (QED) is 0.206. The summed E-state index contributed by atoms with van der Waals surface area (Å²) in [6, 6.07) is 2.25. The van der Waals surface area contributed by atoms with E-state index in [2.05, 4.69) is 4.99 Å². The van der Waals surface area contributed by atoms with E-state index >= 15 is 0 Å². The monoisotopic (exact) mass is 711 g/mol. The maximum absolute atomic E-state index is 14.7. The molecule has 8 atom stereocenters. The number of hydrogen-bond acceptors (Lipinski definition) is 16. The molecule has 1 fully saturated rings. The lowest BCUT2D eigenvalue weighted by Gasteiger charge is -2.53. The first kappa shape index (κ1) is 36.5. The number of hydrogen-bond donors (Lipinski definition) is 6. The lowest BCUT2D eigenvalue weighted by Crippen LogP contribution is -2.73. The normalized spacial score (nSPS) is 32.3. The standard InChI is InChI=1S/C35H37NO15/c1-12-6-14-7-21(40)35(50-5)31(45)24-16(30(44)34(35,47)25(14)17(10-37)22(12)33(46)49-4)8-15-23(28(24)43)20(39)9-19(26(15)41)36-32-18(11-38)27(42)29(48-3)13(2)51-32/h6,8,13,18,21,27,29,32,37-38,40,42-43,47H,7,9-11H2,1-5H3/t13-,18+,21+,27-,29-,32-,34-,35+/m0/s1. The van der Waals surface area contributed by atoms with E-state index in [0.29, 0.717) is 0 Å². The predicted molar refractivity (Wildman–Crippen MR) is 171 cm³/mol. The second kappa shape index (κ2) is 12.8. The van der Waals surface area contributed by atoms with E-state index in [0.717, 1.165) is 20.3 Å². The highest BCUT2D eigenvalue weighted by Crippen LogP contribution is 2.55. The molecule has 2 aromatic carbocycles. The van der Waals surface area contributed by atoms with Gasteiger partial charge in [0.2, 0.25) is 17.3 Å². The van der Waals surface area contributed by atoms with Gasteiger partial charge in [0.15, 0.2) is 23.2 Å². The highest BCUT2D eigenvalue weighted by molar-refractivity contribution is 6.53. The summed E-state index contributed by atoms with van der Waals surface area (Å²) in [4.78, 5) is 73.9. The average Bonchev–Trinajstić information content (AvgIpc) is 3.08. The first-order chi connectivity index (χ1) is 24.1. The number of aromatic hydroxyl groups is 1. The molecule has 16 nitrogen and oxygen atoms in total. The largest absolute Gasteiger partial charge is 0.506 e. The maximum atomic E-state index is 14.7. The number of aliphatic hydroxyl groups excluding tert-OH is 4. The molecule has 6 rings (SSSR count). The van der Waals surface area contributed by atoms with E-state index in [9.17, 15) is 54.6 Å². The topological polar surface area (TPSA) is 256 Å². The van der Waals surface area contributed by atoms with Crippen LogP contribution in [0.5, 0.6) is 5.75 Å². The molecule has 0 spiro atoms. The van der Waals surface area contributed by atoms with E-state index in [1.54, 1.807) is 6.92 Å². The SMILES string of the molecule is COC(=O)c1c(C)cc2c(c1CO)[C@]1(O)C(=O)c3cc4c(c(O)c3C(=O)[C@]1(OC)[C@H](O)C2)C(=O)CC(=N[C@H]1O[C@@H](C)[C@H](OC)[C@@H](O)[C@H]1CO)C4=O. The van der Waals surface area contributed by atoms with Crippen molar-refractivity contribution in [2.24, 2.45) is 10.9 Å². The average molecular weight is 712 g/mol. The molecule has 0 unspecified atom stereocenters. The van der Waals surface area contributed by atoms with Gasteiger partial charge in [-0.15, -0.1) is 0 Å². The molecular weight excluding hydrogens is 674 g/mol.